The molecule has 0 aliphatic carbocycles. The molecule has 1 N–H and O–H groups in total. The number of nitrogens with one attached hydrogen (secondary N) is 1. The van der Waals surface area contributed by atoms with Gasteiger partial charge in [0.25, 0.3) is 0 Å². The zero-order valence-electron chi connectivity index (χ0n) is 15.2. The number of pyridine rings is 1. The predicted molar refractivity (Wildman–Crippen MR) is 98.4 cm³/mol. The smallest absolute Gasteiger partial charge is 0.233 e. The number of rotatable bonds is 8. The highest BCUT2D eigenvalue weighted by Crippen LogP contribution is 2.29. The van der Waals surface area contributed by atoms with E-state index in [1.807, 2.05) is 12.1 Å². The molecule has 0 unspecified atom stereocenters. The lowest BCUT2D eigenvalue weighted by molar-refractivity contribution is -0.133. The molecular formula is C19H23N3O4. The van der Waals surface area contributed by atoms with Crippen LogP contribution >= 0.6 is 0 Å². The molecule has 7 heteroatoms. The number of benzene rings is 1. The molecule has 2 rings (SSSR count). The molecule has 7 nitrogen and oxygen atoms in total. The first-order valence-corrected chi connectivity index (χ1v) is 8.18. The van der Waals surface area contributed by atoms with Crippen molar-refractivity contribution in [2.75, 3.05) is 33.1 Å². The first-order valence-electron chi connectivity index (χ1n) is 8.18. The summed E-state index contributed by atoms with van der Waals surface area (Å²) in [6.07, 6.45) is 3.90. The van der Waals surface area contributed by atoms with Gasteiger partial charge in [0.15, 0.2) is 0 Å². The van der Waals surface area contributed by atoms with E-state index in [2.05, 4.69) is 10.3 Å². The van der Waals surface area contributed by atoms with Crippen molar-refractivity contribution in [3.8, 4) is 11.5 Å². The number of likely N-dealkylation sites (N-methyl/N-ethyl adjacent to an activating group) is 1. The second-order valence-electron chi connectivity index (χ2n) is 5.71. The fourth-order valence-electron chi connectivity index (χ4n) is 2.34. The lowest BCUT2D eigenvalue weighted by Crippen LogP contribution is -2.32. The van der Waals surface area contributed by atoms with Gasteiger partial charge in [-0.2, -0.15) is 0 Å². The van der Waals surface area contributed by atoms with Gasteiger partial charge in [-0.25, -0.2) is 0 Å². The summed E-state index contributed by atoms with van der Waals surface area (Å²) >= 11 is 0. The number of hydrogen-bond donors (Lipinski definition) is 1. The van der Waals surface area contributed by atoms with Gasteiger partial charge in [0.1, 0.15) is 17.9 Å². The van der Waals surface area contributed by atoms with E-state index in [0.29, 0.717) is 30.2 Å². The van der Waals surface area contributed by atoms with Gasteiger partial charge in [-0.1, -0.05) is 0 Å². The van der Waals surface area contributed by atoms with Crippen LogP contribution < -0.4 is 14.8 Å². The number of nitrogens with zero attached hydrogens (tertiary/aromatic N) is 2. The Balaban J connectivity index is 1.87. The van der Waals surface area contributed by atoms with Crippen LogP contribution in [0.15, 0.2) is 42.7 Å². The van der Waals surface area contributed by atoms with Crippen LogP contribution in [0.5, 0.6) is 11.5 Å². The molecule has 0 fully saturated rings. The fraction of sp³-hybridized carbons (Fsp3) is 0.316. The first kappa shape index (κ1) is 19.2. The van der Waals surface area contributed by atoms with Crippen molar-refractivity contribution in [1.82, 2.24) is 9.88 Å². The summed E-state index contributed by atoms with van der Waals surface area (Å²) in [6.45, 7) is 0.530. The Labute approximate surface area is 152 Å². The zero-order chi connectivity index (χ0) is 18.9. The maximum absolute atomic E-state index is 12.2. The minimum Gasteiger partial charge on any atom is -0.497 e. The molecule has 26 heavy (non-hydrogen) atoms. The molecule has 1 heterocycles. The van der Waals surface area contributed by atoms with E-state index >= 15 is 0 Å². The summed E-state index contributed by atoms with van der Waals surface area (Å²) < 4.78 is 10.4. The molecule has 138 valence electrons. The van der Waals surface area contributed by atoms with Crippen molar-refractivity contribution >= 4 is 17.5 Å². The Bertz CT molecular complexity index is 750. The molecule has 2 aromatic rings. The fourth-order valence-corrected chi connectivity index (χ4v) is 2.34. The van der Waals surface area contributed by atoms with Gasteiger partial charge in [0, 0.05) is 32.1 Å². The van der Waals surface area contributed by atoms with Gasteiger partial charge in [-0.3, -0.25) is 14.6 Å². The molecule has 1 aromatic heterocycles. The number of amides is 2. The maximum Gasteiger partial charge on any atom is 0.233 e. The zero-order valence-corrected chi connectivity index (χ0v) is 15.2. The quantitative estimate of drug-likeness (QED) is 0.732. The first-order chi connectivity index (χ1) is 12.5. The van der Waals surface area contributed by atoms with Crippen LogP contribution in [-0.2, 0) is 16.0 Å². The molecule has 0 saturated heterocycles. The van der Waals surface area contributed by atoms with Crippen LogP contribution in [0.25, 0.3) is 0 Å². The van der Waals surface area contributed by atoms with Gasteiger partial charge >= 0.3 is 0 Å². The van der Waals surface area contributed by atoms with Gasteiger partial charge in [0.2, 0.25) is 11.8 Å². The topological polar surface area (TPSA) is 80.8 Å². The summed E-state index contributed by atoms with van der Waals surface area (Å²) in [7, 11) is 4.74. The number of carbonyl (C=O) groups excluding carboxylic acids is 2. The normalized spacial score (nSPS) is 10.1. The van der Waals surface area contributed by atoms with E-state index < -0.39 is 5.91 Å². The van der Waals surface area contributed by atoms with Crippen LogP contribution in [0, 0.1) is 0 Å². The van der Waals surface area contributed by atoms with Crippen molar-refractivity contribution in [3.05, 3.63) is 48.3 Å². The molecule has 0 radical (unpaired) electrons. The van der Waals surface area contributed by atoms with Crippen molar-refractivity contribution < 1.29 is 19.1 Å². The number of ether oxygens (including phenoxy) is 2. The minimum atomic E-state index is -0.394. The molecule has 2 amide bonds. The van der Waals surface area contributed by atoms with Gasteiger partial charge < -0.3 is 19.7 Å². The van der Waals surface area contributed by atoms with Crippen LogP contribution in [-0.4, -0.2) is 49.5 Å². The highest BCUT2D eigenvalue weighted by Gasteiger charge is 2.16. The second kappa shape index (κ2) is 9.41. The molecule has 1 aromatic carbocycles. The average molecular weight is 357 g/mol. The number of anilines is 1. The summed E-state index contributed by atoms with van der Waals surface area (Å²) in [5.74, 6) is 0.446. The highest BCUT2D eigenvalue weighted by molar-refractivity contribution is 6.04. The van der Waals surface area contributed by atoms with Crippen LogP contribution in [0.1, 0.15) is 12.0 Å². The average Bonchev–Trinajstić information content (AvgIpc) is 2.67. The number of aromatic nitrogens is 1. The second-order valence-corrected chi connectivity index (χ2v) is 5.71. The van der Waals surface area contributed by atoms with Gasteiger partial charge in [0.05, 0.1) is 19.9 Å². The molecule has 0 bridgehead atoms. The van der Waals surface area contributed by atoms with E-state index in [-0.39, 0.29) is 12.3 Å². The lowest BCUT2D eigenvalue weighted by atomic mass is 10.2. The van der Waals surface area contributed by atoms with Gasteiger partial charge in [-0.15, -0.1) is 0 Å². The Morgan fingerprint density at radius 3 is 2.50 bits per heavy atom. The molecule has 0 aliphatic heterocycles. The Morgan fingerprint density at radius 1 is 1.12 bits per heavy atom. The molecule has 0 spiro atoms. The minimum absolute atomic E-state index is 0.234. The monoisotopic (exact) mass is 357 g/mol. The largest absolute Gasteiger partial charge is 0.497 e. The van der Waals surface area contributed by atoms with Crippen molar-refractivity contribution in [2.45, 2.75) is 12.8 Å². The van der Waals surface area contributed by atoms with E-state index in [1.54, 1.807) is 49.7 Å². The van der Waals surface area contributed by atoms with Crippen LogP contribution in [0.3, 0.4) is 0 Å². The summed E-state index contributed by atoms with van der Waals surface area (Å²) in [6, 6.07) is 8.86. The van der Waals surface area contributed by atoms with E-state index in [0.717, 1.165) is 5.56 Å². The summed E-state index contributed by atoms with van der Waals surface area (Å²) in [4.78, 5) is 29.9. The Morgan fingerprint density at radius 2 is 1.85 bits per heavy atom. The summed E-state index contributed by atoms with van der Waals surface area (Å²) in [5.41, 5.74) is 1.58. The molecule has 0 saturated carbocycles. The third-order valence-corrected chi connectivity index (χ3v) is 3.91. The SMILES string of the molecule is COc1ccc(NC(=O)CC(=O)N(C)CCc2ccncc2)c(OC)c1. The summed E-state index contributed by atoms with van der Waals surface area (Å²) in [5, 5.41) is 2.70. The predicted octanol–water partition coefficient (Wildman–Crippen LogP) is 2.13. The van der Waals surface area contributed by atoms with E-state index in [4.69, 9.17) is 9.47 Å². The third-order valence-electron chi connectivity index (χ3n) is 3.91. The molecule has 0 atom stereocenters. The van der Waals surface area contributed by atoms with Gasteiger partial charge in [-0.05, 0) is 36.2 Å². The number of methoxy groups -OCH3 is 2. The van der Waals surface area contributed by atoms with Crippen molar-refractivity contribution in [3.63, 3.8) is 0 Å². The van der Waals surface area contributed by atoms with Crippen LogP contribution in [0.2, 0.25) is 0 Å². The van der Waals surface area contributed by atoms with Crippen molar-refractivity contribution in [1.29, 1.82) is 0 Å². The van der Waals surface area contributed by atoms with Crippen molar-refractivity contribution in [2.24, 2.45) is 0 Å². The van der Waals surface area contributed by atoms with E-state index in [9.17, 15) is 9.59 Å². The molecule has 0 aliphatic rings. The van der Waals surface area contributed by atoms with E-state index in [1.165, 1.54) is 7.11 Å². The third kappa shape index (κ3) is 5.47. The Kier molecular flexibility index (Phi) is 6.96. The molecular weight excluding hydrogens is 334 g/mol. The standard InChI is InChI=1S/C19H23N3O4/c1-22(11-8-14-6-9-20-10-7-14)19(24)13-18(23)21-16-5-4-15(25-2)12-17(16)26-3/h4-7,9-10,12H,8,11,13H2,1-3H3,(H,21,23). The maximum atomic E-state index is 12.2. The highest BCUT2D eigenvalue weighted by atomic mass is 16.5. The number of hydrogen-bond acceptors (Lipinski definition) is 5. The lowest BCUT2D eigenvalue weighted by Gasteiger charge is -2.17. The van der Waals surface area contributed by atoms with Crippen LogP contribution in [0.4, 0.5) is 5.69 Å². The Hall–Kier alpha value is -3.09. The number of carbonyl (C=O) groups is 2.